The van der Waals surface area contributed by atoms with Gasteiger partial charge in [-0.15, -0.1) is 0 Å². The van der Waals surface area contributed by atoms with Crippen LogP contribution in [0.25, 0.3) is 0 Å². The van der Waals surface area contributed by atoms with E-state index in [2.05, 4.69) is 20.7 Å². The van der Waals surface area contributed by atoms with Gasteiger partial charge < -0.3 is 29.6 Å². The van der Waals surface area contributed by atoms with Crippen LogP contribution in [0.3, 0.4) is 0 Å². The average Bonchev–Trinajstić information content (AvgIpc) is 3.45. The van der Waals surface area contributed by atoms with Crippen LogP contribution in [0.15, 0.2) is 78.3 Å². The van der Waals surface area contributed by atoms with E-state index < -0.39 is 6.04 Å². The van der Waals surface area contributed by atoms with Crippen LogP contribution in [-0.4, -0.2) is 41.5 Å². The number of rotatable bonds is 10. The summed E-state index contributed by atoms with van der Waals surface area (Å²) in [5.74, 6) is 2.40. The van der Waals surface area contributed by atoms with E-state index in [4.69, 9.17) is 30.5 Å². The van der Waals surface area contributed by atoms with Crippen molar-refractivity contribution in [2.45, 2.75) is 26.5 Å². The third-order valence-corrected chi connectivity index (χ3v) is 6.84. The zero-order chi connectivity index (χ0) is 28.9. The molecule has 11 heteroatoms. The lowest BCUT2D eigenvalue weighted by atomic mass is 9.94. The van der Waals surface area contributed by atoms with E-state index in [9.17, 15) is 4.79 Å². The zero-order valence-electron chi connectivity index (χ0n) is 23.1. The Hall–Kier alpha value is -4.70. The normalized spacial score (nSPS) is 14.1. The third kappa shape index (κ3) is 5.92. The van der Waals surface area contributed by atoms with E-state index in [-0.39, 0.29) is 5.91 Å². The lowest BCUT2D eigenvalue weighted by Crippen LogP contribution is -2.31. The summed E-state index contributed by atoms with van der Waals surface area (Å²) in [6.07, 6.45) is 1.45. The van der Waals surface area contributed by atoms with Gasteiger partial charge in [0.1, 0.15) is 30.5 Å². The van der Waals surface area contributed by atoms with Crippen LogP contribution in [0.1, 0.15) is 31.0 Å². The second kappa shape index (κ2) is 12.2. The smallest absolute Gasteiger partial charge is 0.255 e. The fourth-order valence-electron chi connectivity index (χ4n) is 4.61. The first-order chi connectivity index (χ1) is 19.9. The summed E-state index contributed by atoms with van der Waals surface area (Å²) in [5, 5.41) is 11.3. The Labute approximate surface area is 242 Å². The lowest BCUT2D eigenvalue weighted by Gasteiger charge is -2.29. The Bertz CT molecular complexity index is 1580. The van der Waals surface area contributed by atoms with Gasteiger partial charge in [-0.1, -0.05) is 29.8 Å². The molecule has 1 aromatic heterocycles. The highest BCUT2D eigenvalue weighted by molar-refractivity contribution is 6.30. The summed E-state index contributed by atoms with van der Waals surface area (Å²) in [6.45, 7) is 4.51. The summed E-state index contributed by atoms with van der Waals surface area (Å²) >= 11 is 6.01. The third-order valence-electron chi connectivity index (χ3n) is 6.59. The van der Waals surface area contributed by atoms with Crippen molar-refractivity contribution in [3.8, 4) is 23.0 Å². The molecule has 0 saturated carbocycles. The van der Waals surface area contributed by atoms with Gasteiger partial charge in [0.2, 0.25) is 5.95 Å². The van der Waals surface area contributed by atoms with E-state index in [0.29, 0.717) is 64.1 Å². The Morgan fingerprint density at radius 2 is 1.80 bits per heavy atom. The number of nitrogens with one attached hydrogen (secondary N) is 2. The number of nitrogens with zero attached hydrogens (tertiary/aromatic N) is 3. The van der Waals surface area contributed by atoms with E-state index >= 15 is 0 Å². The van der Waals surface area contributed by atoms with E-state index in [1.807, 2.05) is 56.3 Å². The second-order valence-corrected chi connectivity index (χ2v) is 9.61. The fraction of sp³-hybridized carbons (Fsp3) is 0.233. The molecule has 10 nitrogen and oxygen atoms in total. The molecule has 212 valence electrons. The molecule has 1 aliphatic heterocycles. The quantitative estimate of drug-likeness (QED) is 0.242. The summed E-state index contributed by atoms with van der Waals surface area (Å²) in [5.41, 5.74) is 3.34. The molecule has 5 rings (SSSR count). The molecular formula is C30H30ClN5O5. The van der Waals surface area contributed by atoms with Crippen LogP contribution < -0.4 is 29.6 Å². The highest BCUT2D eigenvalue weighted by Crippen LogP contribution is 2.40. The number of fused-ring (bicyclic) bond motifs is 1. The molecule has 0 spiro atoms. The van der Waals surface area contributed by atoms with Gasteiger partial charge in [0.15, 0.2) is 11.5 Å². The zero-order valence-corrected chi connectivity index (χ0v) is 23.9. The molecule has 4 aromatic rings. The van der Waals surface area contributed by atoms with Crippen LogP contribution >= 0.6 is 11.6 Å². The van der Waals surface area contributed by atoms with Gasteiger partial charge in [0.05, 0.1) is 32.1 Å². The number of carbonyl (C=O) groups excluding carboxylic acids is 1. The van der Waals surface area contributed by atoms with E-state index in [1.165, 1.54) is 13.4 Å². The van der Waals surface area contributed by atoms with Crippen molar-refractivity contribution in [1.82, 2.24) is 14.8 Å². The van der Waals surface area contributed by atoms with Crippen LogP contribution in [0, 0.1) is 0 Å². The predicted molar refractivity (Wildman–Crippen MR) is 156 cm³/mol. The first-order valence-electron chi connectivity index (χ1n) is 13.0. The second-order valence-electron chi connectivity index (χ2n) is 9.17. The van der Waals surface area contributed by atoms with Crippen LogP contribution in [0.4, 0.5) is 11.6 Å². The van der Waals surface area contributed by atoms with Crippen molar-refractivity contribution < 1.29 is 23.7 Å². The SMILES string of the molecule is CCOc1cc(C2C(C(=O)Nc3ccc(OC)cc3OC)=C(C)Nc3ncnn32)ccc1OCc1ccc(Cl)cc1. The van der Waals surface area contributed by atoms with E-state index in [1.54, 1.807) is 30.0 Å². The summed E-state index contributed by atoms with van der Waals surface area (Å²) in [4.78, 5) is 18.2. The Balaban J connectivity index is 1.48. The number of hydrogen-bond acceptors (Lipinski definition) is 8. The molecule has 0 aliphatic carbocycles. The summed E-state index contributed by atoms with van der Waals surface area (Å²) in [7, 11) is 3.10. The van der Waals surface area contributed by atoms with Crippen LogP contribution in [0.2, 0.25) is 5.02 Å². The number of carbonyl (C=O) groups is 1. The number of anilines is 2. The molecule has 1 amide bonds. The fourth-order valence-corrected chi connectivity index (χ4v) is 4.73. The molecule has 1 aliphatic rings. The van der Waals surface area contributed by atoms with Crippen molar-refractivity contribution in [1.29, 1.82) is 0 Å². The maximum Gasteiger partial charge on any atom is 0.255 e. The first-order valence-corrected chi connectivity index (χ1v) is 13.3. The minimum absolute atomic E-state index is 0.328. The minimum atomic E-state index is -0.595. The van der Waals surface area contributed by atoms with Crippen LogP contribution in [0.5, 0.6) is 23.0 Å². The van der Waals surface area contributed by atoms with Gasteiger partial charge in [-0.05, 0) is 61.4 Å². The van der Waals surface area contributed by atoms with Gasteiger partial charge in [0.25, 0.3) is 5.91 Å². The molecule has 3 aromatic carbocycles. The molecule has 2 N–H and O–H groups in total. The average molecular weight is 576 g/mol. The predicted octanol–water partition coefficient (Wildman–Crippen LogP) is 5.85. The molecule has 0 bridgehead atoms. The number of hydrogen-bond donors (Lipinski definition) is 2. The monoisotopic (exact) mass is 575 g/mol. The maximum absolute atomic E-state index is 13.9. The number of methoxy groups -OCH3 is 2. The maximum atomic E-state index is 13.9. The Morgan fingerprint density at radius 3 is 2.54 bits per heavy atom. The number of allylic oxidation sites excluding steroid dienone is 1. The number of amides is 1. The van der Waals surface area contributed by atoms with Gasteiger partial charge in [-0.25, -0.2) is 4.68 Å². The van der Waals surface area contributed by atoms with E-state index in [0.717, 1.165) is 11.1 Å². The summed E-state index contributed by atoms with van der Waals surface area (Å²) < 4.78 is 24.5. The van der Waals surface area contributed by atoms with Crippen molar-refractivity contribution >= 4 is 29.1 Å². The largest absolute Gasteiger partial charge is 0.497 e. The number of halogens is 1. The Morgan fingerprint density at radius 1 is 1.00 bits per heavy atom. The minimum Gasteiger partial charge on any atom is -0.497 e. The van der Waals surface area contributed by atoms with Gasteiger partial charge in [-0.2, -0.15) is 10.1 Å². The molecule has 41 heavy (non-hydrogen) atoms. The number of ether oxygens (including phenoxy) is 4. The molecule has 0 saturated heterocycles. The van der Waals surface area contributed by atoms with Crippen molar-refractivity contribution in [3.63, 3.8) is 0 Å². The van der Waals surface area contributed by atoms with Gasteiger partial charge >= 0.3 is 0 Å². The van der Waals surface area contributed by atoms with Crippen molar-refractivity contribution in [2.24, 2.45) is 0 Å². The summed E-state index contributed by atoms with van der Waals surface area (Å²) in [6, 6.07) is 17.7. The Kier molecular flexibility index (Phi) is 8.30. The molecule has 0 fully saturated rings. The highest BCUT2D eigenvalue weighted by Gasteiger charge is 2.34. The topological polar surface area (TPSA) is 109 Å². The number of benzene rings is 3. The molecule has 2 heterocycles. The standard InChI is InChI=1S/C30H30ClN5O5/c1-5-40-26-14-20(8-13-24(26)41-16-19-6-9-21(31)10-7-19)28-27(18(2)34-30-32-17-33-36(28)30)29(37)35-23-12-11-22(38-3)15-25(23)39-4/h6-15,17,28H,5,16H2,1-4H3,(H,35,37)(H,32,33,34). The lowest BCUT2D eigenvalue weighted by molar-refractivity contribution is -0.113. The molecule has 1 unspecified atom stereocenters. The number of aromatic nitrogens is 3. The highest BCUT2D eigenvalue weighted by atomic mass is 35.5. The molecular weight excluding hydrogens is 546 g/mol. The van der Waals surface area contributed by atoms with Crippen molar-refractivity contribution in [2.75, 3.05) is 31.5 Å². The molecule has 0 radical (unpaired) electrons. The molecule has 1 atom stereocenters. The van der Waals surface area contributed by atoms with Gasteiger partial charge in [0, 0.05) is 16.8 Å². The van der Waals surface area contributed by atoms with Crippen molar-refractivity contribution in [3.05, 3.63) is 94.4 Å². The van der Waals surface area contributed by atoms with Gasteiger partial charge in [-0.3, -0.25) is 4.79 Å². The van der Waals surface area contributed by atoms with Crippen LogP contribution in [-0.2, 0) is 11.4 Å². The first kappa shape index (κ1) is 27.9.